The van der Waals surface area contributed by atoms with E-state index in [2.05, 4.69) is 5.32 Å². The fraction of sp³-hybridized carbons (Fsp3) is 0.250. The maximum atomic E-state index is 12.7. The van der Waals surface area contributed by atoms with Gasteiger partial charge in [-0.15, -0.1) is 0 Å². The Morgan fingerprint density at radius 1 is 1.12 bits per heavy atom. The van der Waals surface area contributed by atoms with E-state index in [0.29, 0.717) is 17.8 Å². The molecule has 1 heterocycles. The molecule has 3 rings (SSSR count). The zero-order chi connectivity index (χ0) is 18.5. The van der Waals surface area contributed by atoms with Crippen LogP contribution in [0.4, 0.5) is 11.4 Å². The second-order valence-corrected chi connectivity index (χ2v) is 6.11. The number of carbonyl (C=O) groups is 3. The zero-order valence-corrected chi connectivity index (χ0v) is 14.5. The SMILES string of the molecule is C[C@@H](OC(=O)CCc1ccccc1)C(=O)N1CC(=O)Nc2ccccc21. The molecule has 2 aromatic rings. The lowest BCUT2D eigenvalue weighted by Gasteiger charge is -2.30. The van der Waals surface area contributed by atoms with Crippen LogP contribution in [0.15, 0.2) is 54.6 Å². The highest BCUT2D eigenvalue weighted by atomic mass is 16.5. The van der Waals surface area contributed by atoms with Crippen molar-refractivity contribution in [2.45, 2.75) is 25.9 Å². The standard InChI is InChI=1S/C20H20N2O4/c1-14(26-19(24)12-11-15-7-3-2-4-8-15)20(25)22-13-18(23)21-16-9-5-6-10-17(16)22/h2-10,14H,11-13H2,1H3,(H,21,23)/t14-/m1/s1. The molecule has 0 aliphatic carbocycles. The summed E-state index contributed by atoms with van der Waals surface area (Å²) in [6.45, 7) is 1.43. The zero-order valence-electron chi connectivity index (χ0n) is 14.5. The van der Waals surface area contributed by atoms with Crippen LogP contribution in [0.25, 0.3) is 0 Å². The number of carbonyl (C=O) groups excluding carboxylic acids is 3. The molecule has 26 heavy (non-hydrogen) atoms. The fourth-order valence-corrected chi connectivity index (χ4v) is 2.85. The van der Waals surface area contributed by atoms with Gasteiger partial charge in [0.1, 0.15) is 6.54 Å². The van der Waals surface area contributed by atoms with Crippen molar-refractivity contribution < 1.29 is 19.1 Å². The molecule has 0 bridgehead atoms. The number of esters is 1. The quantitative estimate of drug-likeness (QED) is 0.839. The summed E-state index contributed by atoms with van der Waals surface area (Å²) in [6, 6.07) is 16.6. The number of rotatable bonds is 5. The molecule has 0 spiro atoms. The maximum Gasteiger partial charge on any atom is 0.306 e. The first-order chi connectivity index (χ1) is 12.5. The number of nitrogens with zero attached hydrogens (tertiary/aromatic N) is 1. The highest BCUT2D eigenvalue weighted by Gasteiger charge is 2.31. The lowest BCUT2D eigenvalue weighted by atomic mass is 10.1. The van der Waals surface area contributed by atoms with E-state index in [4.69, 9.17) is 4.74 Å². The molecule has 0 radical (unpaired) electrons. The Morgan fingerprint density at radius 2 is 1.81 bits per heavy atom. The third-order valence-electron chi connectivity index (χ3n) is 4.15. The van der Waals surface area contributed by atoms with Gasteiger partial charge >= 0.3 is 5.97 Å². The van der Waals surface area contributed by atoms with Crippen molar-refractivity contribution in [3.63, 3.8) is 0 Å². The van der Waals surface area contributed by atoms with Gasteiger partial charge in [0.05, 0.1) is 11.4 Å². The third-order valence-corrected chi connectivity index (χ3v) is 4.15. The van der Waals surface area contributed by atoms with Gasteiger partial charge in [-0.05, 0) is 31.0 Å². The number of hydrogen-bond acceptors (Lipinski definition) is 4. The number of ether oxygens (including phenoxy) is 1. The molecule has 2 amide bonds. The van der Waals surface area contributed by atoms with Crippen molar-refractivity contribution in [3.05, 3.63) is 60.2 Å². The van der Waals surface area contributed by atoms with Crippen LogP contribution in [-0.2, 0) is 25.5 Å². The summed E-state index contributed by atoms with van der Waals surface area (Å²) in [5.74, 6) is -1.13. The molecule has 0 saturated heterocycles. The van der Waals surface area contributed by atoms with Gasteiger partial charge in [-0.1, -0.05) is 42.5 Å². The van der Waals surface area contributed by atoms with E-state index in [-0.39, 0.29) is 18.9 Å². The van der Waals surface area contributed by atoms with Gasteiger partial charge in [0.15, 0.2) is 6.10 Å². The predicted octanol–water partition coefficient (Wildman–Crippen LogP) is 2.54. The summed E-state index contributed by atoms with van der Waals surface area (Å²) in [6.07, 6.45) is -0.217. The molecule has 1 atom stereocenters. The first kappa shape index (κ1) is 17.7. The van der Waals surface area contributed by atoms with Gasteiger partial charge < -0.3 is 10.1 Å². The molecular weight excluding hydrogens is 332 g/mol. The van der Waals surface area contributed by atoms with Crippen LogP contribution in [0, 0.1) is 0 Å². The molecule has 1 aliphatic rings. The van der Waals surface area contributed by atoms with Crippen LogP contribution >= 0.6 is 0 Å². The van der Waals surface area contributed by atoms with E-state index in [1.54, 1.807) is 24.3 Å². The molecule has 0 aromatic heterocycles. The molecule has 134 valence electrons. The molecule has 0 unspecified atom stereocenters. The van der Waals surface area contributed by atoms with Gasteiger partial charge in [0, 0.05) is 6.42 Å². The largest absolute Gasteiger partial charge is 0.453 e. The van der Waals surface area contributed by atoms with Crippen LogP contribution in [0.3, 0.4) is 0 Å². The monoisotopic (exact) mass is 352 g/mol. The molecule has 6 nitrogen and oxygen atoms in total. The van der Waals surface area contributed by atoms with Crippen molar-refractivity contribution in [3.8, 4) is 0 Å². The Morgan fingerprint density at radius 3 is 2.58 bits per heavy atom. The van der Waals surface area contributed by atoms with E-state index in [9.17, 15) is 14.4 Å². The summed E-state index contributed by atoms with van der Waals surface area (Å²) in [5, 5.41) is 2.72. The third kappa shape index (κ3) is 4.08. The first-order valence-electron chi connectivity index (χ1n) is 8.48. The topological polar surface area (TPSA) is 75.7 Å². The van der Waals surface area contributed by atoms with E-state index < -0.39 is 18.0 Å². The van der Waals surface area contributed by atoms with Gasteiger partial charge in [0.2, 0.25) is 5.91 Å². The van der Waals surface area contributed by atoms with E-state index in [1.165, 1.54) is 11.8 Å². The number of benzene rings is 2. The first-order valence-corrected chi connectivity index (χ1v) is 8.48. The Labute approximate surface area is 151 Å². The van der Waals surface area contributed by atoms with Crippen molar-refractivity contribution in [2.75, 3.05) is 16.8 Å². The highest BCUT2D eigenvalue weighted by molar-refractivity contribution is 6.11. The second-order valence-electron chi connectivity index (χ2n) is 6.11. The number of nitrogens with one attached hydrogen (secondary N) is 1. The number of anilines is 2. The maximum absolute atomic E-state index is 12.7. The van der Waals surface area contributed by atoms with Gasteiger partial charge in [-0.2, -0.15) is 0 Å². The molecule has 1 N–H and O–H groups in total. The van der Waals surface area contributed by atoms with Crippen LogP contribution in [-0.4, -0.2) is 30.4 Å². The smallest absolute Gasteiger partial charge is 0.306 e. The number of aryl methyl sites for hydroxylation is 1. The Balaban J connectivity index is 1.61. The average molecular weight is 352 g/mol. The highest BCUT2D eigenvalue weighted by Crippen LogP contribution is 2.29. The van der Waals surface area contributed by atoms with Gasteiger partial charge in [-0.25, -0.2) is 0 Å². The minimum Gasteiger partial charge on any atom is -0.453 e. The molecular formula is C20H20N2O4. The molecule has 2 aromatic carbocycles. The van der Waals surface area contributed by atoms with E-state index >= 15 is 0 Å². The Hall–Kier alpha value is -3.15. The van der Waals surface area contributed by atoms with Crippen LogP contribution in [0.5, 0.6) is 0 Å². The van der Waals surface area contributed by atoms with Gasteiger partial charge in [0.25, 0.3) is 5.91 Å². The molecule has 6 heteroatoms. The Kier molecular flexibility index (Phi) is 5.31. The lowest BCUT2D eigenvalue weighted by Crippen LogP contribution is -2.47. The van der Waals surface area contributed by atoms with Gasteiger partial charge in [-0.3, -0.25) is 19.3 Å². The van der Waals surface area contributed by atoms with Crippen molar-refractivity contribution in [1.82, 2.24) is 0 Å². The normalized spacial score (nSPS) is 14.2. The van der Waals surface area contributed by atoms with Crippen molar-refractivity contribution >= 4 is 29.2 Å². The van der Waals surface area contributed by atoms with E-state index in [1.807, 2.05) is 30.3 Å². The Bertz CT molecular complexity index is 820. The van der Waals surface area contributed by atoms with Crippen LogP contribution in [0.1, 0.15) is 18.9 Å². The minimum atomic E-state index is -0.961. The summed E-state index contributed by atoms with van der Waals surface area (Å²) in [4.78, 5) is 37.9. The summed E-state index contributed by atoms with van der Waals surface area (Å²) < 4.78 is 5.28. The van der Waals surface area contributed by atoms with Crippen LogP contribution < -0.4 is 10.2 Å². The predicted molar refractivity (Wildman–Crippen MR) is 97.7 cm³/mol. The van der Waals surface area contributed by atoms with Crippen molar-refractivity contribution in [1.29, 1.82) is 0 Å². The summed E-state index contributed by atoms with van der Waals surface area (Å²) in [7, 11) is 0. The lowest BCUT2D eigenvalue weighted by molar-refractivity contribution is -0.153. The minimum absolute atomic E-state index is 0.0955. The summed E-state index contributed by atoms with van der Waals surface area (Å²) >= 11 is 0. The average Bonchev–Trinajstić information content (AvgIpc) is 2.66. The molecule has 0 fully saturated rings. The van der Waals surface area contributed by atoms with E-state index in [0.717, 1.165) is 5.56 Å². The molecule has 0 saturated carbocycles. The fourth-order valence-electron chi connectivity index (χ4n) is 2.85. The number of fused-ring (bicyclic) bond motifs is 1. The van der Waals surface area contributed by atoms with Crippen molar-refractivity contribution in [2.24, 2.45) is 0 Å². The number of para-hydroxylation sites is 2. The second kappa shape index (κ2) is 7.82. The number of amides is 2. The molecule has 1 aliphatic heterocycles. The number of hydrogen-bond donors (Lipinski definition) is 1. The summed E-state index contributed by atoms with van der Waals surface area (Å²) in [5.41, 5.74) is 2.20. The van der Waals surface area contributed by atoms with Crippen LogP contribution in [0.2, 0.25) is 0 Å².